The molecule has 6 heteroatoms. The van der Waals surface area contributed by atoms with Gasteiger partial charge in [-0.1, -0.05) is 47.0 Å². The minimum atomic E-state index is 0.343. The van der Waals surface area contributed by atoms with Crippen LogP contribution in [0.2, 0.25) is 10.0 Å². The van der Waals surface area contributed by atoms with Gasteiger partial charge in [-0.3, -0.25) is 5.43 Å². The first kappa shape index (κ1) is 20.1. The van der Waals surface area contributed by atoms with Gasteiger partial charge >= 0.3 is 0 Å². The summed E-state index contributed by atoms with van der Waals surface area (Å²) in [5.41, 5.74) is 6.93. The Morgan fingerprint density at radius 3 is 2.43 bits per heavy atom. The number of benzene rings is 3. The summed E-state index contributed by atoms with van der Waals surface area (Å²) in [5.74, 6) is 1.26. The lowest BCUT2D eigenvalue weighted by atomic mass is 10.2. The molecule has 1 N–H and O–H groups in total. The molecule has 0 bridgehead atoms. The van der Waals surface area contributed by atoms with E-state index in [9.17, 15) is 0 Å². The van der Waals surface area contributed by atoms with Gasteiger partial charge in [0.1, 0.15) is 6.61 Å². The highest BCUT2D eigenvalue weighted by molar-refractivity contribution is 6.42. The van der Waals surface area contributed by atoms with Gasteiger partial charge in [-0.05, 0) is 60.5 Å². The van der Waals surface area contributed by atoms with Crippen LogP contribution in [0.4, 0.5) is 5.69 Å². The summed E-state index contributed by atoms with van der Waals surface area (Å²) >= 11 is 12.0. The van der Waals surface area contributed by atoms with Crippen LogP contribution in [0.25, 0.3) is 0 Å². The summed E-state index contributed by atoms with van der Waals surface area (Å²) in [6.45, 7) is 2.39. The maximum atomic E-state index is 6.06. The molecular formula is C22H20Cl2N2O2. The number of halogens is 2. The molecule has 0 amide bonds. The number of hydrogen-bond acceptors (Lipinski definition) is 4. The smallest absolute Gasteiger partial charge is 0.162 e. The quantitative estimate of drug-likeness (QED) is 0.362. The Hall–Kier alpha value is -2.69. The van der Waals surface area contributed by atoms with Crippen LogP contribution in [0, 0.1) is 6.92 Å². The fourth-order valence-corrected chi connectivity index (χ4v) is 2.81. The summed E-state index contributed by atoms with van der Waals surface area (Å²) < 4.78 is 11.3. The second-order valence-corrected chi connectivity index (χ2v) is 7.00. The molecule has 0 aliphatic carbocycles. The molecule has 0 saturated heterocycles. The van der Waals surface area contributed by atoms with E-state index in [0.29, 0.717) is 28.2 Å². The number of hydrogen-bond donors (Lipinski definition) is 1. The molecule has 0 spiro atoms. The molecule has 0 saturated carbocycles. The Morgan fingerprint density at radius 2 is 1.71 bits per heavy atom. The van der Waals surface area contributed by atoms with Gasteiger partial charge < -0.3 is 9.47 Å². The summed E-state index contributed by atoms with van der Waals surface area (Å²) in [5, 5.41) is 5.29. The molecule has 0 radical (unpaired) electrons. The van der Waals surface area contributed by atoms with Crippen LogP contribution in [0.15, 0.2) is 65.8 Å². The first-order valence-electron chi connectivity index (χ1n) is 8.65. The zero-order valence-corrected chi connectivity index (χ0v) is 17.1. The number of methoxy groups -OCH3 is 1. The number of aryl methyl sites for hydroxylation is 1. The van der Waals surface area contributed by atoms with Gasteiger partial charge in [-0.2, -0.15) is 5.10 Å². The Kier molecular flexibility index (Phi) is 6.80. The van der Waals surface area contributed by atoms with Gasteiger partial charge in [0.2, 0.25) is 0 Å². The molecule has 3 aromatic rings. The number of rotatable bonds is 7. The van der Waals surface area contributed by atoms with Gasteiger partial charge in [-0.25, -0.2) is 0 Å². The summed E-state index contributed by atoms with van der Waals surface area (Å²) in [6.07, 6.45) is 1.73. The lowest BCUT2D eigenvalue weighted by Gasteiger charge is -2.12. The van der Waals surface area contributed by atoms with Gasteiger partial charge in [0.05, 0.1) is 29.1 Å². The molecule has 0 unspecified atom stereocenters. The van der Waals surface area contributed by atoms with E-state index >= 15 is 0 Å². The van der Waals surface area contributed by atoms with Crippen molar-refractivity contribution in [2.75, 3.05) is 12.5 Å². The first-order valence-corrected chi connectivity index (χ1v) is 9.41. The summed E-state index contributed by atoms with van der Waals surface area (Å²) in [6, 6.07) is 19.0. The van der Waals surface area contributed by atoms with Crippen LogP contribution < -0.4 is 14.9 Å². The van der Waals surface area contributed by atoms with Crippen LogP contribution in [0.3, 0.4) is 0 Å². The standard InChI is InChI=1S/C22H20Cl2N2O2/c1-15-3-7-18(8-4-15)26-25-13-16-6-10-21(27-2)22(12-16)28-14-17-5-9-19(23)20(24)11-17/h3-13,26H,14H2,1-2H3. The molecule has 3 rings (SSSR count). The van der Waals surface area contributed by atoms with Crippen molar-refractivity contribution in [3.8, 4) is 11.5 Å². The SMILES string of the molecule is COc1ccc(C=NNc2ccc(C)cc2)cc1OCc1ccc(Cl)c(Cl)c1. The van der Waals surface area contributed by atoms with Crippen molar-refractivity contribution < 1.29 is 9.47 Å². The molecule has 0 aliphatic heterocycles. The third kappa shape index (κ3) is 5.41. The fraction of sp³-hybridized carbons (Fsp3) is 0.136. The third-order valence-corrected chi connectivity index (χ3v) is 4.76. The van der Waals surface area contributed by atoms with E-state index in [1.807, 2.05) is 55.5 Å². The molecule has 28 heavy (non-hydrogen) atoms. The molecule has 0 heterocycles. The second kappa shape index (κ2) is 9.49. The second-order valence-electron chi connectivity index (χ2n) is 6.18. The van der Waals surface area contributed by atoms with Crippen LogP contribution in [-0.4, -0.2) is 13.3 Å². The van der Waals surface area contributed by atoms with Crippen molar-refractivity contribution in [3.05, 3.63) is 87.4 Å². The Morgan fingerprint density at radius 1 is 0.929 bits per heavy atom. The Balaban J connectivity index is 1.69. The lowest BCUT2D eigenvalue weighted by Crippen LogP contribution is -1.99. The van der Waals surface area contributed by atoms with Crippen molar-refractivity contribution in [2.45, 2.75) is 13.5 Å². The molecular weight excluding hydrogens is 395 g/mol. The number of anilines is 1. The van der Waals surface area contributed by atoms with Gasteiger partial charge in [0.25, 0.3) is 0 Å². The Labute approximate surface area is 174 Å². The monoisotopic (exact) mass is 414 g/mol. The van der Waals surface area contributed by atoms with Gasteiger partial charge in [0, 0.05) is 0 Å². The maximum absolute atomic E-state index is 6.06. The molecule has 144 valence electrons. The van der Waals surface area contributed by atoms with Crippen LogP contribution in [0.5, 0.6) is 11.5 Å². The van der Waals surface area contributed by atoms with Crippen molar-refractivity contribution in [1.82, 2.24) is 0 Å². The summed E-state index contributed by atoms with van der Waals surface area (Å²) in [4.78, 5) is 0. The third-order valence-electron chi connectivity index (χ3n) is 4.02. The van der Waals surface area contributed by atoms with E-state index in [2.05, 4.69) is 10.5 Å². The minimum absolute atomic E-state index is 0.343. The topological polar surface area (TPSA) is 42.8 Å². The van der Waals surface area contributed by atoms with Crippen molar-refractivity contribution in [2.24, 2.45) is 5.10 Å². The average molecular weight is 415 g/mol. The van der Waals surface area contributed by atoms with E-state index in [1.54, 1.807) is 25.5 Å². The van der Waals surface area contributed by atoms with E-state index < -0.39 is 0 Å². The number of nitrogens with one attached hydrogen (secondary N) is 1. The minimum Gasteiger partial charge on any atom is -0.493 e. The predicted molar refractivity (Wildman–Crippen MR) is 116 cm³/mol. The molecule has 0 aliphatic rings. The number of hydrazone groups is 1. The van der Waals surface area contributed by atoms with Crippen LogP contribution in [-0.2, 0) is 6.61 Å². The largest absolute Gasteiger partial charge is 0.493 e. The highest BCUT2D eigenvalue weighted by Crippen LogP contribution is 2.29. The number of nitrogens with zero attached hydrogens (tertiary/aromatic N) is 1. The molecule has 4 nitrogen and oxygen atoms in total. The first-order chi connectivity index (χ1) is 13.5. The zero-order chi connectivity index (χ0) is 19.9. The van der Waals surface area contributed by atoms with Crippen LogP contribution in [0.1, 0.15) is 16.7 Å². The molecule has 3 aromatic carbocycles. The van der Waals surface area contributed by atoms with Crippen molar-refractivity contribution in [3.63, 3.8) is 0 Å². The van der Waals surface area contributed by atoms with E-state index in [1.165, 1.54) is 5.56 Å². The molecule has 0 aromatic heterocycles. The maximum Gasteiger partial charge on any atom is 0.162 e. The lowest BCUT2D eigenvalue weighted by molar-refractivity contribution is 0.284. The normalized spacial score (nSPS) is 10.9. The average Bonchev–Trinajstić information content (AvgIpc) is 2.70. The van der Waals surface area contributed by atoms with Gasteiger partial charge in [0.15, 0.2) is 11.5 Å². The summed E-state index contributed by atoms with van der Waals surface area (Å²) in [7, 11) is 1.61. The highest BCUT2D eigenvalue weighted by atomic mass is 35.5. The van der Waals surface area contributed by atoms with E-state index in [-0.39, 0.29) is 0 Å². The van der Waals surface area contributed by atoms with Gasteiger partial charge in [-0.15, -0.1) is 0 Å². The van der Waals surface area contributed by atoms with Crippen molar-refractivity contribution >= 4 is 35.1 Å². The molecule has 0 atom stereocenters. The molecule has 0 fully saturated rings. The van der Waals surface area contributed by atoms with E-state index in [0.717, 1.165) is 16.8 Å². The highest BCUT2D eigenvalue weighted by Gasteiger charge is 2.07. The predicted octanol–water partition coefficient (Wildman–Crippen LogP) is 6.34. The van der Waals surface area contributed by atoms with Crippen LogP contribution >= 0.6 is 23.2 Å². The fourth-order valence-electron chi connectivity index (χ4n) is 2.49. The Bertz CT molecular complexity index is 973. The van der Waals surface area contributed by atoms with E-state index in [4.69, 9.17) is 32.7 Å². The number of ether oxygens (including phenoxy) is 2. The van der Waals surface area contributed by atoms with Crippen molar-refractivity contribution in [1.29, 1.82) is 0 Å². The zero-order valence-electron chi connectivity index (χ0n) is 15.6.